The molecule has 1 aromatic rings. The molecule has 1 atom stereocenters. The lowest BCUT2D eigenvalue weighted by atomic mass is 9.80. The Morgan fingerprint density at radius 1 is 1.12 bits per heavy atom. The van der Waals surface area contributed by atoms with Crippen LogP contribution in [0.3, 0.4) is 0 Å². The summed E-state index contributed by atoms with van der Waals surface area (Å²) in [5.41, 5.74) is 4.64. The first-order valence-electron chi connectivity index (χ1n) is 6.59. The number of benzene rings is 1. The van der Waals surface area contributed by atoms with Gasteiger partial charge in [0.1, 0.15) is 0 Å². The van der Waals surface area contributed by atoms with Crippen molar-refractivity contribution < 1.29 is 5.11 Å². The van der Waals surface area contributed by atoms with Crippen LogP contribution in [0, 0.1) is 26.7 Å². The van der Waals surface area contributed by atoms with E-state index in [9.17, 15) is 5.11 Å². The number of rotatable bonds is 4. The fraction of sp³-hybridized carbons (Fsp3) is 0.625. The zero-order valence-corrected chi connectivity index (χ0v) is 12.1. The maximum absolute atomic E-state index is 10.7. The molecule has 96 valence electrons. The predicted molar refractivity (Wildman–Crippen MR) is 74.4 cm³/mol. The van der Waals surface area contributed by atoms with E-state index >= 15 is 0 Å². The van der Waals surface area contributed by atoms with Gasteiger partial charge in [-0.3, -0.25) is 0 Å². The highest BCUT2D eigenvalue weighted by Crippen LogP contribution is 2.29. The van der Waals surface area contributed by atoms with Gasteiger partial charge in [-0.25, -0.2) is 0 Å². The molecule has 0 saturated heterocycles. The van der Waals surface area contributed by atoms with Crippen molar-refractivity contribution in [3.05, 3.63) is 34.4 Å². The van der Waals surface area contributed by atoms with Crippen molar-refractivity contribution in [2.75, 3.05) is 0 Å². The van der Waals surface area contributed by atoms with Crippen molar-refractivity contribution in [3.63, 3.8) is 0 Å². The van der Waals surface area contributed by atoms with Gasteiger partial charge >= 0.3 is 0 Å². The molecule has 0 amide bonds. The third kappa shape index (κ3) is 3.10. The molecule has 0 saturated carbocycles. The first-order chi connectivity index (χ1) is 7.80. The topological polar surface area (TPSA) is 20.2 Å². The van der Waals surface area contributed by atoms with Crippen molar-refractivity contribution >= 4 is 0 Å². The van der Waals surface area contributed by atoms with Crippen LogP contribution in [0.1, 0.15) is 49.4 Å². The van der Waals surface area contributed by atoms with Crippen LogP contribution in [-0.4, -0.2) is 10.7 Å². The number of hydrogen-bond donors (Lipinski definition) is 1. The Bertz CT molecular complexity index is 370. The summed E-state index contributed by atoms with van der Waals surface area (Å²) in [6, 6.07) is 4.41. The first-order valence-corrected chi connectivity index (χ1v) is 6.59. The Labute approximate surface area is 106 Å². The molecule has 0 aliphatic heterocycles. The van der Waals surface area contributed by atoms with Crippen molar-refractivity contribution in [1.82, 2.24) is 0 Å². The van der Waals surface area contributed by atoms with Gasteiger partial charge in [0.2, 0.25) is 0 Å². The fourth-order valence-corrected chi connectivity index (χ4v) is 2.53. The number of aryl methyl sites for hydroxylation is 3. The highest BCUT2D eigenvalue weighted by molar-refractivity contribution is 5.38. The third-order valence-electron chi connectivity index (χ3n) is 4.01. The van der Waals surface area contributed by atoms with Crippen LogP contribution in [0.15, 0.2) is 12.1 Å². The predicted octanol–water partition coefficient (Wildman–Crippen LogP) is 3.95. The Morgan fingerprint density at radius 3 is 1.94 bits per heavy atom. The van der Waals surface area contributed by atoms with E-state index in [1.54, 1.807) is 0 Å². The molecule has 1 unspecified atom stereocenters. The minimum atomic E-state index is -0.579. The largest absolute Gasteiger partial charge is 0.389 e. The van der Waals surface area contributed by atoms with Gasteiger partial charge in [-0.2, -0.15) is 0 Å². The average Bonchev–Trinajstić information content (AvgIpc) is 2.22. The van der Waals surface area contributed by atoms with Crippen LogP contribution in [-0.2, 0) is 6.42 Å². The smallest absolute Gasteiger partial charge is 0.0708 e. The van der Waals surface area contributed by atoms with Gasteiger partial charge in [-0.15, -0.1) is 0 Å². The molecular formula is C16H26O. The van der Waals surface area contributed by atoms with Gasteiger partial charge in [0.05, 0.1) is 5.60 Å². The summed E-state index contributed by atoms with van der Waals surface area (Å²) >= 11 is 0. The van der Waals surface area contributed by atoms with Crippen molar-refractivity contribution in [2.45, 2.75) is 60.0 Å². The molecule has 1 aromatic carbocycles. The third-order valence-corrected chi connectivity index (χ3v) is 4.01. The lowest BCUT2D eigenvalue weighted by molar-refractivity contribution is -0.00854. The SMILES string of the molecule is CCC(O)(Cc1c(C)cc(C)cc1C)C(C)C. The molecule has 0 heterocycles. The van der Waals surface area contributed by atoms with Gasteiger partial charge in [0, 0.05) is 6.42 Å². The second kappa shape index (κ2) is 5.22. The fourth-order valence-electron chi connectivity index (χ4n) is 2.53. The minimum Gasteiger partial charge on any atom is -0.389 e. The summed E-state index contributed by atoms with van der Waals surface area (Å²) in [6.07, 6.45) is 1.57. The van der Waals surface area contributed by atoms with Crippen molar-refractivity contribution in [2.24, 2.45) is 5.92 Å². The molecule has 0 fully saturated rings. The molecule has 0 radical (unpaired) electrons. The quantitative estimate of drug-likeness (QED) is 0.836. The molecule has 1 rings (SSSR count). The highest BCUT2D eigenvalue weighted by Gasteiger charge is 2.30. The number of hydrogen-bond acceptors (Lipinski definition) is 1. The molecular weight excluding hydrogens is 208 g/mol. The van der Waals surface area contributed by atoms with Crippen molar-refractivity contribution in [1.29, 1.82) is 0 Å². The molecule has 1 heteroatoms. The van der Waals surface area contributed by atoms with Crippen molar-refractivity contribution in [3.8, 4) is 0 Å². The Balaban J connectivity index is 3.10. The minimum absolute atomic E-state index is 0.285. The van der Waals surface area contributed by atoms with E-state index in [1.807, 2.05) is 0 Å². The summed E-state index contributed by atoms with van der Waals surface area (Å²) in [5, 5.41) is 10.7. The van der Waals surface area contributed by atoms with Gasteiger partial charge in [-0.05, 0) is 49.8 Å². The molecule has 0 spiro atoms. The lowest BCUT2D eigenvalue weighted by Gasteiger charge is -2.32. The van der Waals surface area contributed by atoms with E-state index in [0.29, 0.717) is 0 Å². The normalized spacial score (nSPS) is 15.1. The molecule has 0 aliphatic carbocycles. The van der Waals surface area contributed by atoms with Gasteiger partial charge in [0.25, 0.3) is 0 Å². The van der Waals surface area contributed by atoms with Gasteiger partial charge in [-0.1, -0.05) is 38.5 Å². The average molecular weight is 234 g/mol. The zero-order chi connectivity index (χ0) is 13.2. The molecule has 1 N–H and O–H groups in total. The molecule has 0 aliphatic rings. The van der Waals surface area contributed by atoms with Gasteiger partial charge < -0.3 is 5.11 Å². The van der Waals surface area contributed by atoms with Crippen LogP contribution in [0.5, 0.6) is 0 Å². The summed E-state index contributed by atoms with van der Waals surface area (Å²) in [5.74, 6) is 0.285. The second-order valence-corrected chi connectivity index (χ2v) is 5.67. The molecule has 1 nitrogen and oxygen atoms in total. The summed E-state index contributed by atoms with van der Waals surface area (Å²) < 4.78 is 0. The summed E-state index contributed by atoms with van der Waals surface area (Å²) in [4.78, 5) is 0. The first kappa shape index (κ1) is 14.2. The van der Waals surface area contributed by atoms with Crippen LogP contribution in [0.25, 0.3) is 0 Å². The maximum atomic E-state index is 10.7. The van der Waals surface area contributed by atoms with Crippen LogP contribution in [0.4, 0.5) is 0 Å². The number of aliphatic hydroxyl groups is 1. The van der Waals surface area contributed by atoms with E-state index in [0.717, 1.165) is 12.8 Å². The molecule has 0 bridgehead atoms. The monoisotopic (exact) mass is 234 g/mol. The standard InChI is InChI=1S/C16H26O/c1-7-16(17,11(2)3)10-15-13(5)8-12(4)9-14(15)6/h8-9,11,17H,7,10H2,1-6H3. The Hall–Kier alpha value is -0.820. The Kier molecular flexibility index (Phi) is 4.37. The van der Waals surface area contributed by atoms with Gasteiger partial charge in [0.15, 0.2) is 0 Å². The molecule has 17 heavy (non-hydrogen) atoms. The highest BCUT2D eigenvalue weighted by atomic mass is 16.3. The zero-order valence-electron chi connectivity index (χ0n) is 12.1. The Morgan fingerprint density at radius 2 is 1.59 bits per heavy atom. The lowest BCUT2D eigenvalue weighted by Crippen LogP contribution is -2.37. The summed E-state index contributed by atoms with van der Waals surface area (Å²) in [7, 11) is 0. The van der Waals surface area contributed by atoms with E-state index in [2.05, 4.69) is 53.7 Å². The van der Waals surface area contributed by atoms with Crippen LogP contribution in [0.2, 0.25) is 0 Å². The second-order valence-electron chi connectivity index (χ2n) is 5.67. The maximum Gasteiger partial charge on any atom is 0.0708 e. The molecule has 0 aromatic heterocycles. The summed E-state index contributed by atoms with van der Waals surface area (Å²) in [6.45, 7) is 12.7. The van der Waals surface area contributed by atoms with E-state index in [4.69, 9.17) is 0 Å². The van der Waals surface area contributed by atoms with Crippen LogP contribution >= 0.6 is 0 Å². The van der Waals surface area contributed by atoms with E-state index < -0.39 is 5.60 Å². The van der Waals surface area contributed by atoms with E-state index in [1.165, 1.54) is 22.3 Å². The van der Waals surface area contributed by atoms with E-state index in [-0.39, 0.29) is 5.92 Å². The van der Waals surface area contributed by atoms with Crippen LogP contribution < -0.4 is 0 Å².